The number of hydrogen-bond donors (Lipinski definition) is 2. The van der Waals surface area contributed by atoms with Gasteiger partial charge in [0, 0.05) is 6.54 Å². The summed E-state index contributed by atoms with van der Waals surface area (Å²) < 4.78 is 0. The van der Waals surface area contributed by atoms with E-state index in [2.05, 4.69) is 15.8 Å². The lowest BCUT2D eigenvalue weighted by Gasteiger charge is -2.32. The van der Waals surface area contributed by atoms with Crippen molar-refractivity contribution in [2.75, 3.05) is 17.2 Å². The van der Waals surface area contributed by atoms with Crippen LogP contribution in [0, 0.1) is 5.92 Å². The van der Waals surface area contributed by atoms with Gasteiger partial charge in [-0.3, -0.25) is 19.9 Å². The van der Waals surface area contributed by atoms with E-state index in [-0.39, 0.29) is 23.8 Å². The van der Waals surface area contributed by atoms with Crippen LogP contribution < -0.4 is 15.8 Å². The topological polar surface area (TPSA) is 73.8 Å². The molecule has 1 aromatic rings. The third-order valence-electron chi connectivity index (χ3n) is 3.35. The van der Waals surface area contributed by atoms with Gasteiger partial charge in [-0.2, -0.15) is 0 Å². The van der Waals surface area contributed by atoms with Crippen molar-refractivity contribution in [1.29, 1.82) is 0 Å². The number of hydrogen-bond acceptors (Lipinski definition) is 6. The second-order valence-electron chi connectivity index (χ2n) is 4.99. The Morgan fingerprint density at radius 3 is 2.90 bits per heavy atom. The number of carbonyl (C=O) groups excluding carboxylic acids is 2. The number of rotatable bonds is 3. The molecule has 1 fully saturated rings. The second kappa shape index (κ2) is 5.97. The number of ketones is 1. The summed E-state index contributed by atoms with van der Waals surface area (Å²) in [6, 6.07) is 9.41. The Balaban J connectivity index is 1.94. The fraction of sp³-hybridized carbons (Fsp3) is 0.357. The normalized spacial score (nSPS) is 24.7. The highest BCUT2D eigenvalue weighted by Gasteiger charge is 2.42. The van der Waals surface area contributed by atoms with Crippen LogP contribution in [0.25, 0.3) is 0 Å². The van der Waals surface area contributed by atoms with Gasteiger partial charge in [0.1, 0.15) is 11.9 Å². The standard InChI is InChI=1S/C14H16N4O2S/c1-9(19)8-21-14-16-12-11(7-15-17-12)13(20)18(14)10-5-3-2-4-6-10/h2-6,11-12,15,17H,7-8H2,1H3. The summed E-state index contributed by atoms with van der Waals surface area (Å²) in [5.74, 6) is 0.153. The van der Waals surface area contributed by atoms with Gasteiger partial charge >= 0.3 is 0 Å². The number of anilines is 1. The van der Waals surface area contributed by atoms with Gasteiger partial charge in [-0.15, -0.1) is 0 Å². The van der Waals surface area contributed by atoms with Crippen molar-refractivity contribution < 1.29 is 9.59 Å². The zero-order chi connectivity index (χ0) is 14.8. The molecule has 21 heavy (non-hydrogen) atoms. The number of amides is 1. The molecule has 2 heterocycles. The first-order valence-corrected chi connectivity index (χ1v) is 7.73. The smallest absolute Gasteiger partial charge is 0.241 e. The van der Waals surface area contributed by atoms with Crippen LogP contribution in [0.3, 0.4) is 0 Å². The molecule has 0 spiro atoms. The van der Waals surface area contributed by atoms with E-state index in [0.717, 1.165) is 5.69 Å². The summed E-state index contributed by atoms with van der Waals surface area (Å²) in [6.07, 6.45) is -0.257. The van der Waals surface area contributed by atoms with Gasteiger partial charge in [-0.25, -0.2) is 10.4 Å². The lowest BCUT2D eigenvalue weighted by molar-refractivity contribution is -0.121. The number of amidine groups is 1. The van der Waals surface area contributed by atoms with Gasteiger partial charge in [0.25, 0.3) is 0 Å². The number of nitrogens with one attached hydrogen (secondary N) is 2. The minimum absolute atomic E-state index is 0.00440. The number of Topliss-reactive ketones (excluding diaryl/α,β-unsaturated/α-hetero) is 1. The van der Waals surface area contributed by atoms with E-state index < -0.39 is 0 Å². The fourth-order valence-electron chi connectivity index (χ4n) is 2.35. The largest absolute Gasteiger partial charge is 0.299 e. The van der Waals surface area contributed by atoms with Crippen molar-refractivity contribution in [3.8, 4) is 0 Å². The van der Waals surface area contributed by atoms with Crippen LogP contribution in [-0.4, -0.2) is 35.3 Å². The molecule has 0 aliphatic carbocycles. The minimum Gasteiger partial charge on any atom is -0.299 e. The number of thioether (sulfide) groups is 1. The van der Waals surface area contributed by atoms with Crippen LogP contribution in [0.4, 0.5) is 5.69 Å². The Hall–Kier alpha value is -1.70. The fourth-order valence-corrected chi connectivity index (χ4v) is 3.19. The van der Waals surface area contributed by atoms with E-state index >= 15 is 0 Å². The molecule has 0 radical (unpaired) electrons. The first-order valence-electron chi connectivity index (χ1n) is 6.74. The van der Waals surface area contributed by atoms with Crippen molar-refractivity contribution in [2.45, 2.75) is 13.1 Å². The molecule has 6 nitrogen and oxygen atoms in total. The third kappa shape index (κ3) is 2.85. The summed E-state index contributed by atoms with van der Waals surface area (Å²) in [7, 11) is 0. The van der Waals surface area contributed by atoms with Gasteiger partial charge in [0.2, 0.25) is 5.91 Å². The molecule has 2 atom stereocenters. The van der Waals surface area contributed by atoms with Crippen molar-refractivity contribution in [1.82, 2.24) is 10.9 Å². The summed E-state index contributed by atoms with van der Waals surface area (Å²) in [5.41, 5.74) is 6.75. The van der Waals surface area contributed by atoms with Gasteiger partial charge < -0.3 is 0 Å². The van der Waals surface area contributed by atoms with Crippen LogP contribution in [-0.2, 0) is 9.59 Å². The Bertz CT molecular complexity index is 590. The average molecular weight is 304 g/mol. The van der Waals surface area contributed by atoms with Crippen LogP contribution in [0.15, 0.2) is 35.3 Å². The van der Waals surface area contributed by atoms with Crippen molar-refractivity contribution >= 4 is 34.3 Å². The number of fused-ring (bicyclic) bond motifs is 1. The number of hydrazine groups is 1. The molecule has 1 amide bonds. The molecular weight excluding hydrogens is 288 g/mol. The van der Waals surface area contributed by atoms with E-state index in [4.69, 9.17) is 0 Å². The van der Waals surface area contributed by atoms with Crippen LogP contribution in [0.5, 0.6) is 0 Å². The van der Waals surface area contributed by atoms with Gasteiger partial charge in [-0.05, 0) is 19.1 Å². The average Bonchev–Trinajstić information content (AvgIpc) is 2.95. The molecule has 2 aliphatic rings. The van der Waals surface area contributed by atoms with Crippen molar-refractivity contribution in [2.24, 2.45) is 10.9 Å². The molecule has 2 N–H and O–H groups in total. The van der Waals surface area contributed by atoms with E-state index in [1.165, 1.54) is 18.7 Å². The predicted molar refractivity (Wildman–Crippen MR) is 82.9 cm³/mol. The van der Waals surface area contributed by atoms with Crippen molar-refractivity contribution in [3.05, 3.63) is 30.3 Å². The number of aliphatic imine (C=N–C) groups is 1. The maximum absolute atomic E-state index is 12.7. The SMILES string of the molecule is CC(=O)CSC1=NC2NNCC2C(=O)N1c1ccccc1. The monoisotopic (exact) mass is 304 g/mol. The van der Waals surface area contributed by atoms with Crippen molar-refractivity contribution in [3.63, 3.8) is 0 Å². The molecule has 0 saturated carbocycles. The maximum Gasteiger partial charge on any atom is 0.241 e. The predicted octanol–water partition coefficient (Wildman–Crippen LogP) is 0.761. The summed E-state index contributed by atoms with van der Waals surface area (Å²) in [6.45, 7) is 2.09. The van der Waals surface area contributed by atoms with Gasteiger partial charge in [0.05, 0.1) is 17.4 Å². The lowest BCUT2D eigenvalue weighted by Crippen LogP contribution is -2.49. The zero-order valence-electron chi connectivity index (χ0n) is 11.6. The van der Waals surface area contributed by atoms with E-state index in [1.54, 1.807) is 4.90 Å². The van der Waals surface area contributed by atoms with Gasteiger partial charge in [-0.1, -0.05) is 30.0 Å². The molecule has 7 heteroatoms. The molecule has 3 rings (SSSR count). The minimum atomic E-state index is -0.257. The molecule has 0 bridgehead atoms. The van der Waals surface area contributed by atoms with Crippen LogP contribution >= 0.6 is 11.8 Å². The third-order valence-corrected chi connectivity index (χ3v) is 4.45. The van der Waals surface area contributed by atoms with E-state index in [1.807, 2.05) is 30.3 Å². The summed E-state index contributed by atoms with van der Waals surface area (Å²) in [4.78, 5) is 30.2. The van der Waals surface area contributed by atoms with Gasteiger partial charge in [0.15, 0.2) is 5.17 Å². The highest BCUT2D eigenvalue weighted by molar-refractivity contribution is 8.14. The number of carbonyl (C=O) groups is 2. The Labute approximate surface area is 127 Å². The summed E-state index contributed by atoms with van der Waals surface area (Å²) >= 11 is 1.30. The highest BCUT2D eigenvalue weighted by atomic mass is 32.2. The summed E-state index contributed by atoms with van der Waals surface area (Å²) in [5, 5.41) is 0.568. The quantitative estimate of drug-likeness (QED) is 0.862. The Morgan fingerprint density at radius 2 is 2.19 bits per heavy atom. The molecule has 2 unspecified atom stereocenters. The van der Waals surface area contributed by atoms with Crippen LogP contribution in [0.1, 0.15) is 6.92 Å². The molecule has 1 aromatic carbocycles. The van der Waals surface area contributed by atoms with E-state index in [9.17, 15) is 9.59 Å². The molecule has 110 valence electrons. The van der Waals surface area contributed by atoms with Crippen LogP contribution in [0.2, 0.25) is 0 Å². The second-order valence-corrected chi connectivity index (χ2v) is 5.93. The Morgan fingerprint density at radius 1 is 1.43 bits per heavy atom. The molecular formula is C14H16N4O2S. The molecule has 0 aromatic heterocycles. The number of benzene rings is 1. The molecule has 2 aliphatic heterocycles. The Kier molecular flexibility index (Phi) is 4.05. The number of para-hydroxylation sites is 1. The van der Waals surface area contributed by atoms with E-state index in [0.29, 0.717) is 17.5 Å². The number of nitrogens with zero attached hydrogens (tertiary/aromatic N) is 2. The first kappa shape index (κ1) is 14.2. The maximum atomic E-state index is 12.7. The highest BCUT2D eigenvalue weighted by Crippen LogP contribution is 2.28. The first-order chi connectivity index (χ1) is 10.2. The molecule has 1 saturated heterocycles. The zero-order valence-corrected chi connectivity index (χ0v) is 12.4. The lowest BCUT2D eigenvalue weighted by atomic mass is 10.1.